The predicted octanol–water partition coefficient (Wildman–Crippen LogP) is 5.83. The average molecular weight is 434 g/mol. The molecule has 0 aliphatic heterocycles. The Morgan fingerprint density at radius 3 is 1.82 bits per heavy atom. The highest BCUT2D eigenvalue weighted by Gasteiger charge is 2.26. The maximum Gasteiger partial charge on any atom is 0.168 e. The molecule has 0 bridgehead atoms. The van der Waals surface area contributed by atoms with Gasteiger partial charge in [0.2, 0.25) is 0 Å². The Hall–Kier alpha value is -4.38. The number of methoxy groups -OCH3 is 1. The first-order valence-electron chi connectivity index (χ1n) is 10.7. The molecule has 0 spiro atoms. The molecule has 1 N–H and O–H groups in total. The summed E-state index contributed by atoms with van der Waals surface area (Å²) in [6.07, 6.45) is 0. The van der Waals surface area contributed by atoms with Gasteiger partial charge >= 0.3 is 0 Å². The summed E-state index contributed by atoms with van der Waals surface area (Å²) in [6, 6.07) is 35.6. The first kappa shape index (κ1) is 20.5. The van der Waals surface area contributed by atoms with E-state index < -0.39 is 0 Å². The van der Waals surface area contributed by atoms with Crippen LogP contribution in [0.25, 0.3) is 17.1 Å². The highest BCUT2D eigenvalue weighted by atomic mass is 16.5. The van der Waals surface area contributed by atoms with E-state index in [2.05, 4.69) is 33.9 Å². The van der Waals surface area contributed by atoms with Gasteiger partial charge in [0.05, 0.1) is 13.0 Å². The first-order valence-corrected chi connectivity index (χ1v) is 10.7. The second-order valence-electron chi connectivity index (χ2n) is 7.72. The number of nitrogens with zero attached hydrogens (tertiary/aromatic N) is 3. The number of ether oxygens (including phenoxy) is 1. The summed E-state index contributed by atoms with van der Waals surface area (Å²) in [5, 5.41) is 19.1. The zero-order valence-corrected chi connectivity index (χ0v) is 18.2. The van der Waals surface area contributed by atoms with Crippen molar-refractivity contribution < 1.29 is 9.84 Å². The molecule has 5 aromatic rings. The second kappa shape index (κ2) is 9.01. The van der Waals surface area contributed by atoms with Gasteiger partial charge in [-0.2, -0.15) is 0 Å². The molecule has 0 saturated carbocycles. The monoisotopic (exact) mass is 433 g/mol. The predicted molar refractivity (Wildman–Crippen MR) is 129 cm³/mol. The van der Waals surface area contributed by atoms with Gasteiger partial charge in [0.1, 0.15) is 17.3 Å². The lowest BCUT2D eigenvalue weighted by Gasteiger charge is -2.20. The molecule has 0 radical (unpaired) electrons. The maximum absolute atomic E-state index is 9.78. The molecule has 0 amide bonds. The Balaban J connectivity index is 1.76. The molecule has 0 atom stereocenters. The van der Waals surface area contributed by atoms with E-state index in [1.54, 1.807) is 19.2 Å². The molecule has 0 saturated heterocycles. The number of aromatic nitrogens is 3. The van der Waals surface area contributed by atoms with Gasteiger partial charge in [0.25, 0.3) is 0 Å². The zero-order chi connectivity index (χ0) is 22.6. The molecule has 0 fully saturated rings. The van der Waals surface area contributed by atoms with Crippen molar-refractivity contribution in [1.82, 2.24) is 14.8 Å². The fourth-order valence-corrected chi connectivity index (χ4v) is 4.05. The van der Waals surface area contributed by atoms with Gasteiger partial charge in [-0.05, 0) is 59.7 Å². The Kier molecular flexibility index (Phi) is 5.60. The van der Waals surface area contributed by atoms with Crippen LogP contribution < -0.4 is 4.74 Å². The molecular formula is C28H23N3O2. The minimum absolute atomic E-state index is 0.118. The molecule has 5 heteroatoms. The summed E-state index contributed by atoms with van der Waals surface area (Å²) in [5.41, 5.74) is 4.05. The molecule has 0 aliphatic carbocycles. The summed E-state index contributed by atoms with van der Waals surface area (Å²) in [4.78, 5) is 0. The number of hydrogen-bond acceptors (Lipinski definition) is 4. The van der Waals surface area contributed by atoms with Gasteiger partial charge in [-0.1, -0.05) is 60.7 Å². The summed E-state index contributed by atoms with van der Waals surface area (Å²) >= 11 is 0. The maximum atomic E-state index is 9.78. The lowest BCUT2D eigenvalue weighted by atomic mass is 9.90. The van der Waals surface area contributed by atoms with Crippen LogP contribution in [0.15, 0.2) is 109 Å². The van der Waals surface area contributed by atoms with E-state index in [1.165, 1.54) is 0 Å². The molecule has 5 rings (SSSR count). The van der Waals surface area contributed by atoms with Crippen molar-refractivity contribution >= 4 is 0 Å². The van der Waals surface area contributed by atoms with E-state index in [0.717, 1.165) is 34.0 Å². The third-order valence-electron chi connectivity index (χ3n) is 5.67. The molecule has 4 aromatic carbocycles. The van der Waals surface area contributed by atoms with Crippen molar-refractivity contribution in [3.63, 3.8) is 0 Å². The van der Waals surface area contributed by atoms with Crippen LogP contribution in [0, 0.1) is 0 Å². The van der Waals surface area contributed by atoms with E-state index >= 15 is 0 Å². The third-order valence-corrected chi connectivity index (χ3v) is 5.67. The fraction of sp³-hybridized carbons (Fsp3) is 0.0714. The fourth-order valence-electron chi connectivity index (χ4n) is 4.05. The van der Waals surface area contributed by atoms with Crippen molar-refractivity contribution in [2.45, 2.75) is 5.92 Å². The van der Waals surface area contributed by atoms with Crippen molar-refractivity contribution in [2.24, 2.45) is 0 Å². The zero-order valence-electron chi connectivity index (χ0n) is 18.2. The topological polar surface area (TPSA) is 60.2 Å². The van der Waals surface area contributed by atoms with Crippen LogP contribution in [0.2, 0.25) is 0 Å². The minimum atomic E-state index is -0.118. The van der Waals surface area contributed by atoms with Crippen molar-refractivity contribution in [2.75, 3.05) is 7.11 Å². The van der Waals surface area contributed by atoms with Crippen molar-refractivity contribution in [1.29, 1.82) is 0 Å². The largest absolute Gasteiger partial charge is 0.508 e. The van der Waals surface area contributed by atoms with Gasteiger partial charge in [0, 0.05) is 11.3 Å². The quantitative estimate of drug-likeness (QED) is 0.366. The number of rotatable bonds is 6. The van der Waals surface area contributed by atoms with E-state index in [0.29, 0.717) is 5.82 Å². The molecule has 1 heterocycles. The van der Waals surface area contributed by atoms with Crippen LogP contribution in [0.3, 0.4) is 0 Å². The van der Waals surface area contributed by atoms with Gasteiger partial charge < -0.3 is 9.84 Å². The summed E-state index contributed by atoms with van der Waals surface area (Å²) in [7, 11) is 1.65. The van der Waals surface area contributed by atoms with Gasteiger partial charge in [-0.15, -0.1) is 10.2 Å². The number of benzene rings is 4. The Morgan fingerprint density at radius 2 is 1.27 bits per heavy atom. The van der Waals surface area contributed by atoms with E-state index in [1.807, 2.05) is 72.8 Å². The third kappa shape index (κ3) is 4.08. The number of hydrogen-bond donors (Lipinski definition) is 1. The van der Waals surface area contributed by atoms with Crippen LogP contribution in [0.5, 0.6) is 11.5 Å². The summed E-state index contributed by atoms with van der Waals surface area (Å²) in [5.74, 6) is 2.38. The molecule has 0 unspecified atom stereocenters. The Bertz CT molecular complexity index is 1290. The van der Waals surface area contributed by atoms with Crippen LogP contribution >= 0.6 is 0 Å². The number of phenols is 1. The highest BCUT2D eigenvalue weighted by Crippen LogP contribution is 2.35. The second-order valence-corrected chi connectivity index (χ2v) is 7.72. The lowest BCUT2D eigenvalue weighted by Crippen LogP contribution is -2.11. The van der Waals surface area contributed by atoms with E-state index in [-0.39, 0.29) is 11.7 Å². The van der Waals surface area contributed by atoms with Crippen LogP contribution in [0.4, 0.5) is 0 Å². The van der Waals surface area contributed by atoms with Crippen molar-refractivity contribution in [3.8, 4) is 28.6 Å². The molecule has 0 aliphatic rings. The number of aromatic hydroxyl groups is 1. The Morgan fingerprint density at radius 1 is 0.697 bits per heavy atom. The normalized spacial score (nSPS) is 11.0. The minimum Gasteiger partial charge on any atom is -0.508 e. The van der Waals surface area contributed by atoms with E-state index in [4.69, 9.17) is 9.84 Å². The first-order chi connectivity index (χ1) is 16.2. The molecule has 33 heavy (non-hydrogen) atoms. The van der Waals surface area contributed by atoms with Gasteiger partial charge in [-0.3, -0.25) is 4.57 Å². The summed E-state index contributed by atoms with van der Waals surface area (Å²) < 4.78 is 7.44. The van der Waals surface area contributed by atoms with Gasteiger partial charge in [0.15, 0.2) is 5.82 Å². The van der Waals surface area contributed by atoms with Crippen LogP contribution in [-0.2, 0) is 0 Å². The smallest absolute Gasteiger partial charge is 0.168 e. The molecular weight excluding hydrogens is 410 g/mol. The van der Waals surface area contributed by atoms with Crippen molar-refractivity contribution in [3.05, 3.63) is 126 Å². The number of phenolic OH excluding ortho intramolecular Hbond substituents is 1. The standard InChI is InChI=1S/C28H23N3O2/c1-33-25-18-14-23(15-19-25)31-27(22-12-16-24(32)17-13-22)29-30-28(31)26(20-8-4-2-5-9-20)21-10-6-3-7-11-21/h2-19,26,32H,1H3. The highest BCUT2D eigenvalue weighted by molar-refractivity contribution is 5.61. The lowest BCUT2D eigenvalue weighted by molar-refractivity contribution is 0.414. The SMILES string of the molecule is COc1ccc(-n2c(-c3ccc(O)cc3)nnc2C(c2ccccc2)c2ccccc2)cc1. The van der Waals surface area contributed by atoms with E-state index in [9.17, 15) is 5.11 Å². The van der Waals surface area contributed by atoms with Crippen LogP contribution in [-0.4, -0.2) is 27.0 Å². The Labute approximate surface area is 192 Å². The van der Waals surface area contributed by atoms with Crippen LogP contribution in [0.1, 0.15) is 22.9 Å². The molecule has 5 nitrogen and oxygen atoms in total. The van der Waals surface area contributed by atoms with Gasteiger partial charge in [-0.25, -0.2) is 0 Å². The summed E-state index contributed by atoms with van der Waals surface area (Å²) in [6.45, 7) is 0. The molecule has 162 valence electrons. The molecule has 1 aromatic heterocycles. The average Bonchev–Trinajstić information content (AvgIpc) is 3.30.